The summed E-state index contributed by atoms with van der Waals surface area (Å²) in [7, 11) is -3.52. The lowest BCUT2D eigenvalue weighted by Gasteiger charge is -2.31. The molecule has 1 saturated heterocycles. The highest BCUT2D eigenvalue weighted by Crippen LogP contribution is 2.23. The molecular weight excluding hydrogens is 400 g/mol. The number of aryl methyl sites for hydroxylation is 1. The minimum atomic E-state index is -3.52. The van der Waals surface area contributed by atoms with Gasteiger partial charge in [-0.25, -0.2) is 13.1 Å². The smallest absolute Gasteiger partial charge is 0.289 e. The molecule has 1 aliphatic rings. The van der Waals surface area contributed by atoms with Gasteiger partial charge in [0.25, 0.3) is 5.91 Å². The van der Waals surface area contributed by atoms with Crippen molar-refractivity contribution < 1.29 is 17.6 Å². The third-order valence-electron chi connectivity index (χ3n) is 5.74. The fourth-order valence-corrected chi connectivity index (χ4v) is 4.91. The molecule has 1 aromatic heterocycles. The van der Waals surface area contributed by atoms with Crippen LogP contribution >= 0.6 is 0 Å². The Hall–Kier alpha value is -2.64. The molecule has 30 heavy (non-hydrogen) atoms. The SMILES string of the molecule is CCc1ccc(S(=O)(=O)NCC2CCN(C(=O)c3cc4ccccc4o3)CC2)cc1. The summed E-state index contributed by atoms with van der Waals surface area (Å²) in [5.74, 6) is 0.446. The first-order valence-corrected chi connectivity index (χ1v) is 11.8. The van der Waals surface area contributed by atoms with Gasteiger partial charge < -0.3 is 9.32 Å². The molecule has 0 radical (unpaired) electrons. The van der Waals surface area contributed by atoms with Crippen molar-refractivity contribution in [1.82, 2.24) is 9.62 Å². The van der Waals surface area contributed by atoms with Gasteiger partial charge >= 0.3 is 0 Å². The standard InChI is InChI=1S/C23H26N2O4S/c1-2-17-7-9-20(10-8-17)30(27,28)24-16-18-11-13-25(14-12-18)23(26)22-15-19-5-3-4-6-21(19)29-22/h3-10,15,18,24H,2,11-14,16H2,1H3. The summed E-state index contributed by atoms with van der Waals surface area (Å²) in [5, 5.41) is 0.914. The van der Waals surface area contributed by atoms with E-state index in [2.05, 4.69) is 4.72 Å². The Morgan fingerprint density at radius 1 is 1.10 bits per heavy atom. The third-order valence-corrected chi connectivity index (χ3v) is 7.18. The maximum atomic E-state index is 12.8. The zero-order chi connectivity index (χ0) is 21.1. The highest BCUT2D eigenvalue weighted by Gasteiger charge is 2.26. The molecular formula is C23H26N2O4S. The highest BCUT2D eigenvalue weighted by molar-refractivity contribution is 7.89. The number of nitrogens with zero attached hydrogens (tertiary/aromatic N) is 1. The van der Waals surface area contributed by atoms with Crippen molar-refractivity contribution in [1.29, 1.82) is 0 Å². The molecule has 0 spiro atoms. The fourth-order valence-electron chi connectivity index (χ4n) is 3.80. The molecule has 6 nitrogen and oxygen atoms in total. The number of carbonyl (C=O) groups is 1. The van der Waals surface area contributed by atoms with Gasteiger partial charge in [-0.05, 0) is 55.0 Å². The van der Waals surface area contributed by atoms with Crippen LogP contribution in [0.4, 0.5) is 0 Å². The van der Waals surface area contributed by atoms with E-state index in [4.69, 9.17) is 4.42 Å². The first kappa shape index (κ1) is 20.6. The van der Waals surface area contributed by atoms with Gasteiger partial charge in [0.2, 0.25) is 10.0 Å². The van der Waals surface area contributed by atoms with Crippen LogP contribution in [0, 0.1) is 5.92 Å². The number of likely N-dealkylation sites (tertiary alicyclic amines) is 1. The van der Waals surface area contributed by atoms with E-state index < -0.39 is 10.0 Å². The second kappa shape index (κ2) is 8.62. The van der Waals surface area contributed by atoms with Crippen molar-refractivity contribution in [2.75, 3.05) is 19.6 Å². The van der Waals surface area contributed by atoms with Crippen LogP contribution in [-0.4, -0.2) is 38.9 Å². The quantitative estimate of drug-likeness (QED) is 0.650. The Labute approximate surface area is 176 Å². The molecule has 1 aliphatic heterocycles. The molecule has 0 bridgehead atoms. The van der Waals surface area contributed by atoms with Crippen molar-refractivity contribution >= 4 is 26.9 Å². The maximum absolute atomic E-state index is 12.8. The summed E-state index contributed by atoms with van der Waals surface area (Å²) in [6, 6.07) is 16.3. The fraction of sp³-hybridized carbons (Fsp3) is 0.348. The number of amides is 1. The Balaban J connectivity index is 1.31. The molecule has 0 aliphatic carbocycles. The van der Waals surface area contributed by atoms with Crippen molar-refractivity contribution in [3.63, 3.8) is 0 Å². The summed E-state index contributed by atoms with van der Waals surface area (Å²) in [6.07, 6.45) is 2.38. The molecule has 158 valence electrons. The number of sulfonamides is 1. The number of fused-ring (bicyclic) bond motifs is 1. The molecule has 1 amide bonds. The largest absolute Gasteiger partial charge is 0.451 e. The van der Waals surface area contributed by atoms with Gasteiger partial charge in [-0.1, -0.05) is 37.3 Å². The van der Waals surface area contributed by atoms with Crippen molar-refractivity contribution in [3.8, 4) is 0 Å². The van der Waals surface area contributed by atoms with Crippen LogP contribution in [0.3, 0.4) is 0 Å². The van der Waals surface area contributed by atoms with Crippen LogP contribution in [0.15, 0.2) is 63.9 Å². The molecule has 0 saturated carbocycles. The predicted molar refractivity (Wildman–Crippen MR) is 116 cm³/mol. The summed E-state index contributed by atoms with van der Waals surface area (Å²) in [4.78, 5) is 14.8. The molecule has 4 rings (SSSR count). The molecule has 1 N–H and O–H groups in total. The van der Waals surface area contributed by atoms with Crippen molar-refractivity contribution in [3.05, 3.63) is 65.9 Å². The monoisotopic (exact) mass is 426 g/mol. The van der Waals surface area contributed by atoms with Crippen LogP contribution in [0.1, 0.15) is 35.9 Å². The highest BCUT2D eigenvalue weighted by atomic mass is 32.2. The van der Waals surface area contributed by atoms with Crippen LogP contribution in [0.25, 0.3) is 11.0 Å². The second-order valence-electron chi connectivity index (χ2n) is 7.73. The second-order valence-corrected chi connectivity index (χ2v) is 9.50. The lowest BCUT2D eigenvalue weighted by Crippen LogP contribution is -2.41. The van der Waals surface area contributed by atoms with Gasteiger partial charge in [-0.15, -0.1) is 0 Å². The van der Waals surface area contributed by atoms with Crippen molar-refractivity contribution in [2.45, 2.75) is 31.1 Å². The van der Waals surface area contributed by atoms with E-state index in [0.717, 1.165) is 30.2 Å². The summed E-state index contributed by atoms with van der Waals surface area (Å²) in [5.41, 5.74) is 1.81. The first-order chi connectivity index (χ1) is 14.5. The molecule has 3 aromatic rings. The van der Waals surface area contributed by atoms with E-state index in [1.165, 1.54) is 0 Å². The van der Waals surface area contributed by atoms with Gasteiger partial charge in [-0.3, -0.25) is 4.79 Å². The zero-order valence-corrected chi connectivity index (χ0v) is 17.8. The summed E-state index contributed by atoms with van der Waals surface area (Å²) >= 11 is 0. The van der Waals surface area contributed by atoms with Gasteiger partial charge in [0.05, 0.1) is 4.90 Å². The molecule has 0 unspecified atom stereocenters. The number of nitrogens with one attached hydrogen (secondary N) is 1. The number of furan rings is 1. The Morgan fingerprint density at radius 2 is 1.80 bits per heavy atom. The van der Waals surface area contributed by atoms with E-state index in [1.54, 1.807) is 23.1 Å². The number of piperidine rings is 1. The lowest BCUT2D eigenvalue weighted by molar-refractivity contribution is 0.0662. The minimum Gasteiger partial charge on any atom is -0.451 e. The Kier molecular flexibility index (Phi) is 5.92. The summed E-state index contributed by atoms with van der Waals surface area (Å²) < 4.78 is 33.5. The number of hydrogen-bond acceptors (Lipinski definition) is 4. The molecule has 2 heterocycles. The topological polar surface area (TPSA) is 79.6 Å². The number of rotatable bonds is 6. The maximum Gasteiger partial charge on any atom is 0.289 e. The van der Waals surface area contributed by atoms with E-state index in [-0.39, 0.29) is 16.7 Å². The predicted octanol–water partition coefficient (Wildman–Crippen LogP) is 3.83. The Morgan fingerprint density at radius 3 is 2.47 bits per heavy atom. The average Bonchev–Trinajstić information content (AvgIpc) is 3.22. The Bertz CT molecular complexity index is 1090. The van der Waals surface area contributed by atoms with Gasteiger partial charge in [0.1, 0.15) is 5.58 Å². The van der Waals surface area contributed by atoms with Gasteiger partial charge in [0.15, 0.2) is 5.76 Å². The number of benzene rings is 2. The number of para-hydroxylation sites is 1. The van der Waals surface area contributed by atoms with Gasteiger partial charge in [-0.2, -0.15) is 0 Å². The van der Waals surface area contributed by atoms with Crippen LogP contribution < -0.4 is 4.72 Å². The number of hydrogen-bond donors (Lipinski definition) is 1. The first-order valence-electron chi connectivity index (χ1n) is 10.3. The summed E-state index contributed by atoms with van der Waals surface area (Å²) in [6.45, 7) is 3.60. The average molecular weight is 427 g/mol. The van der Waals surface area contributed by atoms with Crippen molar-refractivity contribution in [2.24, 2.45) is 5.92 Å². The lowest BCUT2D eigenvalue weighted by atomic mass is 9.97. The molecule has 7 heteroatoms. The molecule has 2 aromatic carbocycles. The van der Waals surface area contributed by atoms with Crippen LogP contribution in [0.5, 0.6) is 0 Å². The normalized spacial score (nSPS) is 15.6. The zero-order valence-electron chi connectivity index (χ0n) is 17.0. The van der Waals surface area contributed by atoms with E-state index in [0.29, 0.717) is 31.0 Å². The van der Waals surface area contributed by atoms with E-state index in [9.17, 15) is 13.2 Å². The minimum absolute atomic E-state index is 0.110. The van der Waals surface area contributed by atoms with E-state index in [1.807, 2.05) is 43.3 Å². The molecule has 0 atom stereocenters. The van der Waals surface area contributed by atoms with Crippen LogP contribution in [0.2, 0.25) is 0 Å². The molecule has 1 fully saturated rings. The van der Waals surface area contributed by atoms with E-state index >= 15 is 0 Å². The van der Waals surface area contributed by atoms with Gasteiger partial charge in [0, 0.05) is 25.0 Å². The number of carbonyl (C=O) groups excluding carboxylic acids is 1. The van der Waals surface area contributed by atoms with Crippen LogP contribution in [-0.2, 0) is 16.4 Å². The third kappa shape index (κ3) is 4.42.